The molecule has 0 aromatic heterocycles. The van der Waals surface area contributed by atoms with Crippen LogP contribution >= 0.6 is 0 Å². The number of carbonyl (C=O) groups is 3. The molecule has 1 saturated heterocycles. The topological polar surface area (TPSA) is 131 Å². The van der Waals surface area contributed by atoms with Gasteiger partial charge in [-0.3, -0.25) is 4.79 Å². The van der Waals surface area contributed by atoms with Crippen LogP contribution in [0.3, 0.4) is 0 Å². The highest BCUT2D eigenvalue weighted by molar-refractivity contribution is 5.88. The fraction of sp³-hybridized carbons (Fsp3) is 0.690. The summed E-state index contributed by atoms with van der Waals surface area (Å²) in [5.41, 5.74) is -3.62. The number of ether oxygens (including phenoxy) is 3. The lowest BCUT2D eigenvalue weighted by molar-refractivity contribution is -0.193. The first-order valence-corrected chi connectivity index (χ1v) is 13.4. The zero-order chi connectivity index (χ0) is 27.9. The van der Waals surface area contributed by atoms with Gasteiger partial charge >= 0.3 is 18.0 Å². The lowest BCUT2D eigenvalue weighted by Gasteiger charge is -2.48. The Bertz CT molecular complexity index is 1140. The average Bonchev–Trinajstić information content (AvgIpc) is 3.30. The minimum absolute atomic E-state index is 0.0674. The van der Waals surface area contributed by atoms with Crippen molar-refractivity contribution >= 4 is 18.0 Å². The van der Waals surface area contributed by atoms with Gasteiger partial charge in [-0.25, -0.2) is 9.59 Å². The predicted octanol–water partition coefficient (Wildman–Crippen LogP) is 3.28. The molecule has 1 heterocycles. The molecule has 0 bridgehead atoms. The lowest BCUT2D eigenvalue weighted by Crippen LogP contribution is -2.59. The normalized spacial score (nSPS) is 38.1. The van der Waals surface area contributed by atoms with Crippen molar-refractivity contribution in [2.75, 3.05) is 6.61 Å². The van der Waals surface area contributed by atoms with Crippen LogP contribution in [0.4, 0.5) is 4.79 Å². The Balaban J connectivity index is 1.43. The highest BCUT2D eigenvalue weighted by Gasteiger charge is 2.91. The van der Waals surface area contributed by atoms with E-state index < -0.39 is 58.3 Å². The van der Waals surface area contributed by atoms with Gasteiger partial charge in [0.25, 0.3) is 0 Å². The summed E-state index contributed by atoms with van der Waals surface area (Å²) in [7, 11) is 0. The van der Waals surface area contributed by atoms with Gasteiger partial charge in [-0.05, 0) is 63.9 Å². The number of cyclic esters (lactones) is 1. The van der Waals surface area contributed by atoms with Crippen LogP contribution in [0.15, 0.2) is 30.3 Å². The van der Waals surface area contributed by atoms with Crippen LogP contribution in [0.2, 0.25) is 0 Å². The molecule has 9 nitrogen and oxygen atoms in total. The Hall–Kier alpha value is -2.65. The van der Waals surface area contributed by atoms with E-state index in [2.05, 4.69) is 19.2 Å². The van der Waals surface area contributed by atoms with Gasteiger partial charge in [0, 0.05) is 5.92 Å². The molecule has 38 heavy (non-hydrogen) atoms. The van der Waals surface area contributed by atoms with Crippen molar-refractivity contribution in [2.24, 2.45) is 28.1 Å². The first kappa shape index (κ1) is 26.9. The minimum Gasteiger partial charge on any atom is -0.464 e. The molecule has 5 rings (SSSR count). The maximum atomic E-state index is 13.6. The van der Waals surface area contributed by atoms with Crippen LogP contribution in [-0.4, -0.2) is 58.3 Å². The standard InChI is InChI=1S/C29H39NO8/c1-25(2,3)38-24(34)30-19(16-10-8-7-9-11-16)20(31)22(32)37-21-17-12-26(4,5)13-18(17)27(6,35)29-14-28(21,29)15-36-23(29)33/h7-11,17-21,31,35H,12-15H2,1-6H3,(H,30,34)/t17-,18+,19+,20-,21+,27+,28-,29+/m1/s1. The second-order valence-corrected chi connectivity index (χ2v) is 13.6. The Kier molecular flexibility index (Phi) is 5.97. The average molecular weight is 530 g/mol. The zero-order valence-corrected chi connectivity index (χ0v) is 22.9. The molecule has 208 valence electrons. The van der Waals surface area contributed by atoms with Crippen LogP contribution in [0, 0.1) is 28.1 Å². The van der Waals surface area contributed by atoms with Crippen molar-refractivity contribution in [3.05, 3.63) is 35.9 Å². The summed E-state index contributed by atoms with van der Waals surface area (Å²) in [6.45, 7) is 11.2. The molecule has 3 saturated carbocycles. The number of aliphatic hydroxyl groups is 2. The molecule has 0 radical (unpaired) electrons. The van der Waals surface area contributed by atoms with Crippen LogP contribution < -0.4 is 5.32 Å². The van der Waals surface area contributed by atoms with E-state index in [1.54, 1.807) is 58.0 Å². The second kappa shape index (κ2) is 8.42. The zero-order valence-electron chi connectivity index (χ0n) is 22.9. The lowest BCUT2D eigenvalue weighted by atomic mass is 9.60. The van der Waals surface area contributed by atoms with E-state index in [0.29, 0.717) is 24.8 Å². The molecule has 1 aliphatic heterocycles. The van der Waals surface area contributed by atoms with Gasteiger partial charge in [0.2, 0.25) is 0 Å². The molecular formula is C29H39NO8. The summed E-state index contributed by atoms with van der Waals surface area (Å²) in [4.78, 5) is 39.2. The molecule has 8 atom stereocenters. The SMILES string of the molecule is CC1(C)C[C@H]2[C@H](OC(=O)[C@H](O)[C@@H](NC(=O)OC(C)(C)C)c3ccccc3)[C@@]34COC(=O)[C@@]3(C4)[C@@](C)(O)[C@H]2C1. The Morgan fingerprint density at radius 1 is 1.13 bits per heavy atom. The largest absolute Gasteiger partial charge is 0.464 e. The van der Waals surface area contributed by atoms with E-state index in [-0.39, 0.29) is 23.9 Å². The summed E-state index contributed by atoms with van der Waals surface area (Å²) < 4.78 is 16.9. The van der Waals surface area contributed by atoms with E-state index in [1.165, 1.54) is 0 Å². The number of aliphatic hydroxyl groups excluding tert-OH is 1. The van der Waals surface area contributed by atoms with E-state index in [0.717, 1.165) is 0 Å². The van der Waals surface area contributed by atoms with Gasteiger partial charge < -0.3 is 29.7 Å². The maximum Gasteiger partial charge on any atom is 0.408 e. The van der Waals surface area contributed by atoms with Gasteiger partial charge in [-0.1, -0.05) is 44.2 Å². The molecular weight excluding hydrogens is 490 g/mol. The Morgan fingerprint density at radius 2 is 1.79 bits per heavy atom. The van der Waals surface area contributed by atoms with Crippen molar-refractivity contribution in [1.29, 1.82) is 0 Å². The number of hydrogen-bond donors (Lipinski definition) is 3. The van der Waals surface area contributed by atoms with Gasteiger partial charge in [-0.15, -0.1) is 0 Å². The van der Waals surface area contributed by atoms with E-state index in [1.807, 2.05) is 0 Å². The highest BCUT2D eigenvalue weighted by atomic mass is 16.6. The van der Waals surface area contributed by atoms with Crippen molar-refractivity contribution in [3.63, 3.8) is 0 Å². The van der Waals surface area contributed by atoms with E-state index in [9.17, 15) is 24.6 Å². The first-order chi connectivity index (χ1) is 17.5. The molecule has 3 N–H and O–H groups in total. The van der Waals surface area contributed by atoms with Gasteiger partial charge in [0.05, 0.1) is 17.1 Å². The molecule has 9 heteroatoms. The number of nitrogens with one attached hydrogen (secondary N) is 1. The summed E-state index contributed by atoms with van der Waals surface area (Å²) in [5, 5.41) is 25.6. The summed E-state index contributed by atoms with van der Waals surface area (Å²) in [6.07, 6.45) is -1.46. The van der Waals surface area contributed by atoms with Crippen LogP contribution in [0.1, 0.15) is 72.4 Å². The fourth-order valence-electron chi connectivity index (χ4n) is 7.75. The van der Waals surface area contributed by atoms with Crippen molar-refractivity contribution in [2.45, 2.75) is 90.3 Å². The third-order valence-corrected chi connectivity index (χ3v) is 9.34. The second-order valence-electron chi connectivity index (χ2n) is 13.6. The van der Waals surface area contributed by atoms with Crippen molar-refractivity contribution < 1.29 is 38.8 Å². The van der Waals surface area contributed by atoms with Crippen molar-refractivity contribution in [3.8, 4) is 0 Å². The number of rotatable bonds is 5. The summed E-state index contributed by atoms with van der Waals surface area (Å²) in [6, 6.07) is 7.54. The number of fused-ring (bicyclic) bond motifs is 1. The van der Waals surface area contributed by atoms with Gasteiger partial charge in [0.15, 0.2) is 6.10 Å². The molecule has 3 aliphatic carbocycles. The van der Waals surface area contributed by atoms with Crippen LogP contribution in [0.25, 0.3) is 0 Å². The minimum atomic E-state index is -1.73. The quantitative estimate of drug-likeness (QED) is 0.391. The number of esters is 2. The molecule has 0 spiro atoms. The number of benzene rings is 1. The number of carbonyl (C=O) groups excluding carboxylic acids is 3. The van der Waals surface area contributed by atoms with E-state index in [4.69, 9.17) is 14.2 Å². The summed E-state index contributed by atoms with van der Waals surface area (Å²) in [5.74, 6) is -1.81. The van der Waals surface area contributed by atoms with Gasteiger partial charge in [0.1, 0.15) is 23.7 Å². The molecule has 0 unspecified atom stereocenters. The fourth-order valence-corrected chi connectivity index (χ4v) is 7.75. The third-order valence-electron chi connectivity index (χ3n) is 9.34. The van der Waals surface area contributed by atoms with E-state index >= 15 is 0 Å². The smallest absolute Gasteiger partial charge is 0.408 e. The highest BCUT2D eigenvalue weighted by Crippen LogP contribution is 2.82. The maximum absolute atomic E-state index is 13.6. The first-order valence-electron chi connectivity index (χ1n) is 13.4. The Morgan fingerprint density at radius 3 is 2.42 bits per heavy atom. The monoisotopic (exact) mass is 529 g/mol. The molecule has 1 aromatic rings. The van der Waals surface area contributed by atoms with Crippen LogP contribution in [-0.2, 0) is 23.8 Å². The molecule has 1 aromatic carbocycles. The molecule has 4 aliphatic rings. The molecule has 1 amide bonds. The third kappa shape index (κ3) is 3.92. The number of alkyl carbamates (subject to hydrolysis) is 1. The predicted molar refractivity (Wildman–Crippen MR) is 136 cm³/mol. The van der Waals surface area contributed by atoms with Crippen molar-refractivity contribution in [1.82, 2.24) is 5.32 Å². The Labute approximate surface area is 223 Å². The van der Waals surface area contributed by atoms with Crippen LogP contribution in [0.5, 0.6) is 0 Å². The summed E-state index contributed by atoms with van der Waals surface area (Å²) >= 11 is 0. The number of amides is 1. The van der Waals surface area contributed by atoms with Gasteiger partial charge in [-0.2, -0.15) is 0 Å². The number of hydrogen-bond acceptors (Lipinski definition) is 8. The molecule has 4 fully saturated rings.